The van der Waals surface area contributed by atoms with Gasteiger partial charge in [0.25, 0.3) is 5.91 Å². The highest BCUT2D eigenvalue weighted by atomic mass is 35.5. The lowest BCUT2D eigenvalue weighted by atomic mass is 9.93. The summed E-state index contributed by atoms with van der Waals surface area (Å²) in [4.78, 5) is 14.8. The van der Waals surface area contributed by atoms with Crippen molar-refractivity contribution in [1.82, 2.24) is 14.5 Å². The number of benzene rings is 1. The average molecular weight is 402 g/mol. The first-order valence-electron chi connectivity index (χ1n) is 8.75. The number of amides is 1. The van der Waals surface area contributed by atoms with Gasteiger partial charge in [0.15, 0.2) is 0 Å². The SMILES string of the molecule is CN(C)CC(C)(C)CNC(=O)c1cc(S(=O)(=O)N2CCCC2)ccc1Cl. The quantitative estimate of drug-likeness (QED) is 0.761. The second-order valence-electron chi connectivity index (χ2n) is 7.84. The lowest BCUT2D eigenvalue weighted by Gasteiger charge is -2.28. The summed E-state index contributed by atoms with van der Waals surface area (Å²) >= 11 is 6.16. The molecule has 6 nitrogen and oxygen atoms in total. The van der Waals surface area contributed by atoms with Crippen molar-refractivity contribution in [3.8, 4) is 0 Å². The van der Waals surface area contributed by atoms with Crippen LogP contribution < -0.4 is 5.32 Å². The molecule has 0 unspecified atom stereocenters. The van der Waals surface area contributed by atoms with E-state index in [-0.39, 0.29) is 26.8 Å². The minimum Gasteiger partial charge on any atom is -0.351 e. The zero-order valence-corrected chi connectivity index (χ0v) is 17.5. The predicted molar refractivity (Wildman–Crippen MR) is 104 cm³/mol. The van der Waals surface area contributed by atoms with E-state index in [2.05, 4.69) is 24.1 Å². The molecule has 1 N–H and O–H groups in total. The maximum Gasteiger partial charge on any atom is 0.252 e. The fraction of sp³-hybridized carbons (Fsp3) is 0.611. The second kappa shape index (κ2) is 8.25. The fourth-order valence-corrected chi connectivity index (χ4v) is 4.99. The molecule has 1 saturated heterocycles. The molecule has 1 aliphatic rings. The third-order valence-electron chi connectivity index (χ3n) is 4.36. The first kappa shape index (κ1) is 21.2. The Morgan fingerprint density at radius 1 is 1.27 bits per heavy atom. The van der Waals surface area contributed by atoms with Crippen LogP contribution in [0.1, 0.15) is 37.0 Å². The molecule has 1 fully saturated rings. The van der Waals surface area contributed by atoms with Gasteiger partial charge >= 0.3 is 0 Å². The molecule has 146 valence electrons. The van der Waals surface area contributed by atoms with Gasteiger partial charge < -0.3 is 10.2 Å². The molecule has 1 aliphatic heterocycles. The van der Waals surface area contributed by atoms with Crippen LogP contribution in [0.4, 0.5) is 0 Å². The molecular weight excluding hydrogens is 374 g/mol. The topological polar surface area (TPSA) is 69.7 Å². The number of nitrogens with zero attached hydrogens (tertiary/aromatic N) is 2. The molecule has 2 rings (SSSR count). The van der Waals surface area contributed by atoms with Crippen LogP contribution in [-0.2, 0) is 10.0 Å². The monoisotopic (exact) mass is 401 g/mol. The van der Waals surface area contributed by atoms with Crippen molar-refractivity contribution >= 4 is 27.5 Å². The molecule has 26 heavy (non-hydrogen) atoms. The van der Waals surface area contributed by atoms with Gasteiger partial charge in [0, 0.05) is 26.2 Å². The largest absolute Gasteiger partial charge is 0.351 e. The van der Waals surface area contributed by atoms with Gasteiger partial charge in [0.1, 0.15) is 0 Å². The molecular formula is C18H28ClN3O3S. The van der Waals surface area contributed by atoms with E-state index in [9.17, 15) is 13.2 Å². The summed E-state index contributed by atoms with van der Waals surface area (Å²) in [6.07, 6.45) is 1.72. The average Bonchev–Trinajstić information content (AvgIpc) is 3.07. The van der Waals surface area contributed by atoms with Gasteiger partial charge in [-0.3, -0.25) is 4.79 Å². The lowest BCUT2D eigenvalue weighted by Crippen LogP contribution is -2.40. The Hall–Kier alpha value is -1.15. The molecule has 0 aromatic heterocycles. The maximum absolute atomic E-state index is 12.7. The number of nitrogens with one attached hydrogen (secondary N) is 1. The van der Waals surface area contributed by atoms with Crippen molar-refractivity contribution in [2.24, 2.45) is 5.41 Å². The molecule has 0 atom stereocenters. The first-order chi connectivity index (χ1) is 12.0. The Labute approximate surface area is 161 Å². The molecule has 0 spiro atoms. The lowest BCUT2D eigenvalue weighted by molar-refractivity contribution is 0.0929. The van der Waals surface area contributed by atoms with Crippen LogP contribution in [0.25, 0.3) is 0 Å². The van der Waals surface area contributed by atoms with Gasteiger partial charge in [-0.15, -0.1) is 0 Å². The molecule has 0 radical (unpaired) electrons. The zero-order chi connectivity index (χ0) is 19.5. The van der Waals surface area contributed by atoms with Gasteiger partial charge in [-0.05, 0) is 50.6 Å². The molecule has 8 heteroatoms. The fourth-order valence-electron chi connectivity index (χ4n) is 3.24. The Morgan fingerprint density at radius 3 is 2.46 bits per heavy atom. The molecule has 1 aromatic carbocycles. The molecule has 1 aromatic rings. The van der Waals surface area contributed by atoms with Crippen molar-refractivity contribution in [3.63, 3.8) is 0 Å². The van der Waals surface area contributed by atoms with Crippen molar-refractivity contribution in [1.29, 1.82) is 0 Å². The van der Waals surface area contributed by atoms with E-state index in [0.29, 0.717) is 19.6 Å². The molecule has 1 amide bonds. The number of sulfonamides is 1. The van der Waals surface area contributed by atoms with E-state index in [1.54, 1.807) is 0 Å². The molecule has 0 saturated carbocycles. The molecule has 0 bridgehead atoms. The number of carbonyl (C=O) groups is 1. The van der Waals surface area contributed by atoms with E-state index in [4.69, 9.17) is 11.6 Å². The Kier molecular flexibility index (Phi) is 6.71. The van der Waals surface area contributed by atoms with Gasteiger partial charge in [-0.25, -0.2) is 8.42 Å². The molecule has 1 heterocycles. The summed E-state index contributed by atoms with van der Waals surface area (Å²) in [5.74, 6) is -0.361. The van der Waals surface area contributed by atoms with Gasteiger partial charge in [-0.2, -0.15) is 4.31 Å². The predicted octanol–water partition coefficient (Wildman–Crippen LogP) is 2.44. The summed E-state index contributed by atoms with van der Waals surface area (Å²) in [5, 5.41) is 3.12. The van der Waals surface area contributed by atoms with E-state index >= 15 is 0 Å². The Balaban J connectivity index is 2.17. The summed E-state index contributed by atoms with van der Waals surface area (Å²) in [6, 6.07) is 4.32. The minimum absolute atomic E-state index is 0.113. The summed E-state index contributed by atoms with van der Waals surface area (Å²) in [7, 11) is 0.376. The highest BCUT2D eigenvalue weighted by Gasteiger charge is 2.28. The normalized spacial score (nSPS) is 16.2. The Morgan fingerprint density at radius 2 is 1.88 bits per heavy atom. The molecule has 0 aliphatic carbocycles. The Bertz CT molecular complexity index is 757. The van der Waals surface area contributed by atoms with E-state index in [1.807, 2.05) is 14.1 Å². The van der Waals surface area contributed by atoms with Gasteiger partial charge in [0.2, 0.25) is 10.0 Å². The third kappa shape index (κ3) is 5.19. The van der Waals surface area contributed by atoms with E-state index in [0.717, 1.165) is 19.4 Å². The second-order valence-corrected chi connectivity index (χ2v) is 10.2. The number of hydrogen-bond donors (Lipinski definition) is 1. The van der Waals surface area contributed by atoms with Crippen LogP contribution >= 0.6 is 11.6 Å². The van der Waals surface area contributed by atoms with Gasteiger partial charge in [-0.1, -0.05) is 25.4 Å². The van der Waals surface area contributed by atoms with Crippen LogP contribution in [0.3, 0.4) is 0 Å². The standard InChI is InChI=1S/C18H28ClN3O3S/c1-18(2,13-21(3)4)12-20-17(23)15-11-14(7-8-16(15)19)26(24,25)22-9-5-6-10-22/h7-8,11H,5-6,9-10,12-13H2,1-4H3,(H,20,23). The van der Waals surface area contributed by atoms with Crippen LogP contribution in [0.5, 0.6) is 0 Å². The van der Waals surface area contributed by atoms with Crippen LogP contribution in [0, 0.1) is 5.41 Å². The third-order valence-corrected chi connectivity index (χ3v) is 6.58. The van der Waals surface area contributed by atoms with E-state index < -0.39 is 10.0 Å². The first-order valence-corrected chi connectivity index (χ1v) is 10.6. The highest BCUT2D eigenvalue weighted by Crippen LogP contribution is 2.25. The van der Waals surface area contributed by atoms with Crippen LogP contribution in [-0.4, -0.2) is 63.8 Å². The van der Waals surface area contributed by atoms with Crippen molar-refractivity contribution in [2.75, 3.05) is 40.3 Å². The zero-order valence-electron chi connectivity index (χ0n) is 15.9. The minimum atomic E-state index is -3.58. The smallest absolute Gasteiger partial charge is 0.252 e. The number of rotatable bonds is 7. The number of halogens is 1. The van der Waals surface area contributed by atoms with E-state index in [1.165, 1.54) is 22.5 Å². The van der Waals surface area contributed by atoms with Crippen molar-refractivity contribution in [2.45, 2.75) is 31.6 Å². The number of carbonyl (C=O) groups excluding carboxylic acids is 1. The summed E-state index contributed by atoms with van der Waals surface area (Å²) < 4.78 is 26.9. The summed E-state index contributed by atoms with van der Waals surface area (Å²) in [6.45, 7) is 6.43. The summed E-state index contributed by atoms with van der Waals surface area (Å²) in [5.41, 5.74) is 0.0674. The van der Waals surface area contributed by atoms with Crippen molar-refractivity contribution < 1.29 is 13.2 Å². The van der Waals surface area contributed by atoms with Crippen LogP contribution in [0.15, 0.2) is 23.1 Å². The van der Waals surface area contributed by atoms with Crippen LogP contribution in [0.2, 0.25) is 5.02 Å². The van der Waals surface area contributed by atoms with Crippen molar-refractivity contribution in [3.05, 3.63) is 28.8 Å². The number of hydrogen-bond acceptors (Lipinski definition) is 4. The van der Waals surface area contributed by atoms with Gasteiger partial charge in [0.05, 0.1) is 15.5 Å². The highest BCUT2D eigenvalue weighted by molar-refractivity contribution is 7.89. The maximum atomic E-state index is 12.7.